The van der Waals surface area contributed by atoms with E-state index in [1.807, 2.05) is 0 Å². The summed E-state index contributed by atoms with van der Waals surface area (Å²) in [7, 11) is 0. The maximum absolute atomic E-state index is 8.11. The lowest BCUT2D eigenvalue weighted by Crippen LogP contribution is -2.12. The highest BCUT2D eigenvalue weighted by Crippen LogP contribution is 1.65. The first-order chi connectivity index (χ1) is 2.81. The number of aliphatic hydroxyl groups excluding tert-OH is 2. The minimum atomic E-state index is -1.08. The van der Waals surface area contributed by atoms with Gasteiger partial charge >= 0.3 is 6.29 Å². The third kappa shape index (κ3) is 1.87. The van der Waals surface area contributed by atoms with Crippen molar-refractivity contribution in [2.75, 3.05) is 6.61 Å². The summed E-state index contributed by atoms with van der Waals surface area (Å²) in [5.74, 6) is 0. The van der Waals surface area contributed by atoms with Gasteiger partial charge in [-0.05, 0) is 0 Å². The van der Waals surface area contributed by atoms with Crippen LogP contribution in [0.4, 0.5) is 0 Å². The Morgan fingerprint density at radius 3 is 2.33 bits per heavy atom. The van der Waals surface area contributed by atoms with E-state index in [0.717, 1.165) is 0 Å². The SMILES string of the molecule is OC[C@@H](O)C=[OH+]. The molecule has 0 aromatic rings. The van der Waals surface area contributed by atoms with E-state index in [1.54, 1.807) is 0 Å². The zero-order chi connectivity index (χ0) is 4.99. The molecule has 0 aliphatic carbocycles. The minimum absolute atomic E-state index is 0.420. The first-order valence-electron chi connectivity index (χ1n) is 1.57. The quantitative estimate of drug-likeness (QED) is 0.321. The predicted octanol–water partition coefficient (Wildman–Crippen LogP) is -1.49. The monoisotopic (exact) mass is 91.0 g/mol. The minimum Gasteiger partial charge on any atom is -0.393 e. The van der Waals surface area contributed by atoms with Crippen molar-refractivity contribution in [3.05, 3.63) is 0 Å². The smallest absolute Gasteiger partial charge is 0.312 e. The van der Waals surface area contributed by atoms with E-state index in [-0.39, 0.29) is 0 Å². The van der Waals surface area contributed by atoms with Crippen molar-refractivity contribution in [1.82, 2.24) is 0 Å². The fraction of sp³-hybridized carbons (Fsp3) is 0.667. The molecule has 0 spiro atoms. The van der Waals surface area contributed by atoms with Gasteiger partial charge in [-0.25, -0.2) is 0 Å². The van der Waals surface area contributed by atoms with Crippen molar-refractivity contribution in [3.8, 4) is 0 Å². The van der Waals surface area contributed by atoms with Crippen LogP contribution >= 0.6 is 0 Å². The highest BCUT2D eigenvalue weighted by molar-refractivity contribution is 5.56. The van der Waals surface area contributed by atoms with Gasteiger partial charge in [0.05, 0.1) is 6.61 Å². The number of aldehydes is 1. The Hall–Kier alpha value is -0.410. The molecule has 0 heterocycles. The van der Waals surface area contributed by atoms with E-state index < -0.39 is 12.7 Å². The van der Waals surface area contributed by atoms with E-state index in [1.165, 1.54) is 0 Å². The van der Waals surface area contributed by atoms with Crippen molar-refractivity contribution < 1.29 is 15.0 Å². The van der Waals surface area contributed by atoms with Gasteiger partial charge in [-0.3, -0.25) is 4.79 Å². The van der Waals surface area contributed by atoms with Gasteiger partial charge in [0.25, 0.3) is 0 Å². The van der Waals surface area contributed by atoms with Crippen LogP contribution in [-0.4, -0.2) is 34.0 Å². The molecule has 0 aliphatic rings. The normalized spacial score (nSPS) is 13.7. The number of hydrogen-bond acceptors (Lipinski definition) is 2. The maximum Gasteiger partial charge on any atom is 0.312 e. The summed E-state index contributed by atoms with van der Waals surface area (Å²) in [5, 5.41) is 16.0. The average molecular weight is 91.1 g/mol. The number of rotatable bonds is 2. The Kier molecular flexibility index (Phi) is 2.62. The van der Waals surface area contributed by atoms with Crippen LogP contribution in [0.1, 0.15) is 0 Å². The summed E-state index contributed by atoms with van der Waals surface area (Å²) < 4.78 is 0. The number of hydrogen-bond donors (Lipinski definition) is 2. The molecular weight excluding hydrogens is 84.0 g/mol. The molecule has 0 saturated carbocycles. The van der Waals surface area contributed by atoms with Gasteiger partial charge in [-0.15, -0.1) is 0 Å². The molecule has 6 heavy (non-hydrogen) atoms. The van der Waals surface area contributed by atoms with Gasteiger partial charge in [0.15, 0.2) is 6.10 Å². The van der Waals surface area contributed by atoms with Crippen LogP contribution < -0.4 is 0 Å². The van der Waals surface area contributed by atoms with Crippen molar-refractivity contribution in [2.45, 2.75) is 6.10 Å². The first kappa shape index (κ1) is 5.59. The van der Waals surface area contributed by atoms with E-state index in [0.29, 0.717) is 6.29 Å². The van der Waals surface area contributed by atoms with Crippen LogP contribution in [0.3, 0.4) is 0 Å². The lowest BCUT2D eigenvalue weighted by atomic mass is 10.4. The third-order valence-electron chi connectivity index (χ3n) is 0.359. The standard InChI is InChI=1S/C3H6O3/c4-1-3(6)2-5/h1,3,5-6H,2H2/p+1/t3-/m0/s1. The highest BCUT2D eigenvalue weighted by Gasteiger charge is 1.98. The van der Waals surface area contributed by atoms with Crippen molar-refractivity contribution in [3.63, 3.8) is 0 Å². The summed E-state index contributed by atoms with van der Waals surface area (Å²) >= 11 is 0. The van der Waals surface area contributed by atoms with E-state index in [2.05, 4.69) is 0 Å². The lowest BCUT2D eigenvalue weighted by Gasteiger charge is -1.85. The first-order valence-corrected chi connectivity index (χ1v) is 1.57. The van der Waals surface area contributed by atoms with E-state index in [4.69, 9.17) is 15.0 Å². The van der Waals surface area contributed by atoms with Crippen molar-refractivity contribution in [2.24, 2.45) is 0 Å². The van der Waals surface area contributed by atoms with Gasteiger partial charge in [0.2, 0.25) is 0 Å². The van der Waals surface area contributed by atoms with Crippen LogP contribution in [-0.2, 0) is 0 Å². The molecule has 36 valence electrons. The zero-order valence-corrected chi connectivity index (χ0v) is 3.20. The molecule has 3 nitrogen and oxygen atoms in total. The zero-order valence-electron chi connectivity index (χ0n) is 3.20. The molecule has 0 radical (unpaired) electrons. The van der Waals surface area contributed by atoms with Gasteiger partial charge in [-0.1, -0.05) is 0 Å². The average Bonchev–Trinajstić information content (AvgIpc) is 1.65. The van der Waals surface area contributed by atoms with Crippen LogP contribution in [0.2, 0.25) is 0 Å². The largest absolute Gasteiger partial charge is 0.393 e. The molecule has 0 fully saturated rings. The number of carbonyl (C=O) groups excluding carboxylic acids is 1. The molecule has 0 aromatic heterocycles. The molecule has 3 heteroatoms. The third-order valence-corrected chi connectivity index (χ3v) is 0.359. The Morgan fingerprint density at radius 2 is 2.33 bits per heavy atom. The Bertz CT molecular complexity index is 43.3. The molecule has 0 unspecified atom stereocenters. The second-order valence-electron chi connectivity index (χ2n) is 0.899. The Labute approximate surface area is 35.2 Å². The fourth-order valence-corrected chi connectivity index (χ4v) is 0.0471. The molecule has 3 N–H and O–H groups in total. The fourth-order valence-electron chi connectivity index (χ4n) is 0.0471. The molecule has 0 aromatic carbocycles. The molecule has 0 amide bonds. The molecule has 1 atom stereocenters. The molecule has 0 saturated heterocycles. The van der Waals surface area contributed by atoms with Gasteiger partial charge in [-0.2, -0.15) is 0 Å². The Balaban J connectivity index is 2.96. The summed E-state index contributed by atoms with van der Waals surface area (Å²) in [6, 6.07) is 0. The van der Waals surface area contributed by atoms with Crippen LogP contribution in [0.5, 0.6) is 0 Å². The van der Waals surface area contributed by atoms with Crippen LogP contribution in [0.15, 0.2) is 0 Å². The van der Waals surface area contributed by atoms with Crippen molar-refractivity contribution in [1.29, 1.82) is 0 Å². The topological polar surface area (TPSA) is 61.9 Å². The second-order valence-corrected chi connectivity index (χ2v) is 0.899. The highest BCUT2D eigenvalue weighted by atomic mass is 16.3. The Morgan fingerprint density at radius 1 is 1.83 bits per heavy atom. The van der Waals surface area contributed by atoms with Crippen LogP contribution in [0.25, 0.3) is 0 Å². The molecule has 0 rings (SSSR count). The van der Waals surface area contributed by atoms with Gasteiger partial charge in [0.1, 0.15) is 0 Å². The molecule has 0 aliphatic heterocycles. The summed E-state index contributed by atoms with van der Waals surface area (Å²) in [5.41, 5.74) is 0. The number of aliphatic hydroxyl groups is 2. The van der Waals surface area contributed by atoms with Gasteiger partial charge in [0, 0.05) is 0 Å². The van der Waals surface area contributed by atoms with Crippen LogP contribution in [0, 0.1) is 0 Å². The summed E-state index contributed by atoms with van der Waals surface area (Å²) in [6.07, 6.45) is -0.551. The summed E-state index contributed by atoms with van der Waals surface area (Å²) in [6.45, 7) is -0.420. The van der Waals surface area contributed by atoms with Gasteiger partial charge < -0.3 is 10.2 Å². The maximum atomic E-state index is 8.11. The molecule has 0 bridgehead atoms. The predicted molar refractivity (Wildman–Crippen MR) is 21.1 cm³/mol. The second kappa shape index (κ2) is 2.81. The van der Waals surface area contributed by atoms with Crippen molar-refractivity contribution >= 4 is 6.29 Å². The van der Waals surface area contributed by atoms with E-state index >= 15 is 0 Å². The summed E-state index contributed by atoms with van der Waals surface area (Å²) in [4.78, 5) is 7.80. The lowest BCUT2D eigenvalue weighted by molar-refractivity contribution is 0.143. The molecular formula is C3H7O3+. The van der Waals surface area contributed by atoms with E-state index in [9.17, 15) is 0 Å².